The van der Waals surface area contributed by atoms with Gasteiger partial charge in [0.1, 0.15) is 5.82 Å². The van der Waals surface area contributed by atoms with Crippen LogP contribution in [0.4, 0.5) is 4.39 Å². The van der Waals surface area contributed by atoms with Crippen molar-refractivity contribution in [2.24, 2.45) is 0 Å². The highest BCUT2D eigenvalue weighted by Gasteiger charge is 2.26. The second-order valence-corrected chi connectivity index (χ2v) is 4.64. The van der Waals surface area contributed by atoms with E-state index in [0.29, 0.717) is 31.9 Å². The first kappa shape index (κ1) is 14.0. The monoisotopic (exact) mass is 266 g/mol. The van der Waals surface area contributed by atoms with Crippen molar-refractivity contribution in [1.29, 1.82) is 0 Å². The van der Waals surface area contributed by atoms with Gasteiger partial charge in [-0.15, -0.1) is 0 Å². The van der Waals surface area contributed by atoms with Crippen molar-refractivity contribution in [2.75, 3.05) is 33.4 Å². The molecule has 1 unspecified atom stereocenters. The van der Waals surface area contributed by atoms with Crippen molar-refractivity contribution in [3.8, 4) is 0 Å². The Morgan fingerprint density at radius 2 is 2.32 bits per heavy atom. The number of nitrogens with one attached hydrogen (secondary N) is 1. The van der Waals surface area contributed by atoms with E-state index in [9.17, 15) is 9.18 Å². The van der Waals surface area contributed by atoms with E-state index in [-0.39, 0.29) is 24.2 Å². The first-order chi connectivity index (χ1) is 9.22. The van der Waals surface area contributed by atoms with Crippen LogP contribution in [0.2, 0.25) is 0 Å². The van der Waals surface area contributed by atoms with Crippen LogP contribution in [-0.2, 0) is 16.0 Å². The van der Waals surface area contributed by atoms with Gasteiger partial charge < -0.3 is 15.0 Å². The van der Waals surface area contributed by atoms with E-state index >= 15 is 0 Å². The fraction of sp³-hybridized carbons (Fsp3) is 0.500. The Bertz CT molecular complexity index is 437. The van der Waals surface area contributed by atoms with Crippen LogP contribution in [0.5, 0.6) is 0 Å². The molecule has 0 spiro atoms. The summed E-state index contributed by atoms with van der Waals surface area (Å²) in [4.78, 5) is 14.1. The summed E-state index contributed by atoms with van der Waals surface area (Å²) in [6, 6.07) is 6.43. The third kappa shape index (κ3) is 3.52. The fourth-order valence-corrected chi connectivity index (χ4v) is 2.29. The smallest absolute Gasteiger partial charge is 0.227 e. The van der Waals surface area contributed by atoms with Gasteiger partial charge in [0.25, 0.3) is 0 Å². The van der Waals surface area contributed by atoms with Crippen molar-refractivity contribution in [1.82, 2.24) is 10.2 Å². The zero-order valence-corrected chi connectivity index (χ0v) is 11.1. The molecule has 104 valence electrons. The van der Waals surface area contributed by atoms with E-state index in [4.69, 9.17) is 4.74 Å². The molecule has 0 saturated carbocycles. The van der Waals surface area contributed by atoms with E-state index in [1.54, 1.807) is 23.1 Å². The van der Waals surface area contributed by atoms with Crippen molar-refractivity contribution >= 4 is 5.91 Å². The predicted molar refractivity (Wildman–Crippen MR) is 70.4 cm³/mol. The Hall–Kier alpha value is -1.46. The van der Waals surface area contributed by atoms with Gasteiger partial charge in [0, 0.05) is 13.1 Å². The molecule has 1 heterocycles. The SMILES string of the molecule is CNCC1COCCN1C(=O)Cc1ccccc1F. The minimum absolute atomic E-state index is 0.0259. The maximum Gasteiger partial charge on any atom is 0.227 e. The largest absolute Gasteiger partial charge is 0.377 e. The van der Waals surface area contributed by atoms with Gasteiger partial charge in [0.15, 0.2) is 0 Å². The molecule has 1 aromatic carbocycles. The molecule has 0 bridgehead atoms. The molecular weight excluding hydrogens is 247 g/mol. The molecule has 1 N–H and O–H groups in total. The van der Waals surface area contributed by atoms with E-state index < -0.39 is 0 Å². The molecule has 2 rings (SSSR count). The van der Waals surface area contributed by atoms with Gasteiger partial charge in [-0.1, -0.05) is 18.2 Å². The molecule has 19 heavy (non-hydrogen) atoms. The number of hydrogen-bond acceptors (Lipinski definition) is 3. The molecule has 4 nitrogen and oxygen atoms in total. The van der Waals surface area contributed by atoms with Crippen molar-refractivity contribution < 1.29 is 13.9 Å². The molecule has 5 heteroatoms. The van der Waals surface area contributed by atoms with Crippen molar-refractivity contribution in [2.45, 2.75) is 12.5 Å². The van der Waals surface area contributed by atoms with Gasteiger partial charge in [0.05, 0.1) is 25.7 Å². The summed E-state index contributed by atoms with van der Waals surface area (Å²) in [7, 11) is 1.84. The van der Waals surface area contributed by atoms with Gasteiger partial charge in [-0.3, -0.25) is 4.79 Å². The van der Waals surface area contributed by atoms with Crippen LogP contribution in [0.1, 0.15) is 5.56 Å². The summed E-state index contributed by atoms with van der Waals surface area (Å²) in [6.45, 7) is 2.33. The Labute approximate surface area is 112 Å². The Balaban J connectivity index is 2.03. The molecular formula is C14H19FN2O2. The third-order valence-corrected chi connectivity index (χ3v) is 3.29. The lowest BCUT2D eigenvalue weighted by molar-refractivity contribution is -0.138. The van der Waals surface area contributed by atoms with Crippen LogP contribution in [0, 0.1) is 5.82 Å². The molecule has 1 saturated heterocycles. The van der Waals surface area contributed by atoms with Gasteiger partial charge >= 0.3 is 0 Å². The molecule has 1 aliphatic rings. The lowest BCUT2D eigenvalue weighted by Crippen LogP contribution is -2.53. The van der Waals surface area contributed by atoms with Gasteiger partial charge in [-0.2, -0.15) is 0 Å². The van der Waals surface area contributed by atoms with Crippen molar-refractivity contribution in [3.63, 3.8) is 0 Å². The minimum Gasteiger partial charge on any atom is -0.377 e. The molecule has 1 aromatic rings. The third-order valence-electron chi connectivity index (χ3n) is 3.29. The normalized spacial score (nSPS) is 19.5. The zero-order valence-electron chi connectivity index (χ0n) is 11.1. The van der Waals surface area contributed by atoms with E-state index in [2.05, 4.69) is 5.32 Å². The summed E-state index contributed by atoms with van der Waals surface area (Å²) in [5.74, 6) is -0.372. The number of morpholine rings is 1. The number of amides is 1. The van der Waals surface area contributed by atoms with Crippen LogP contribution in [0.15, 0.2) is 24.3 Å². The highest BCUT2D eigenvalue weighted by atomic mass is 19.1. The Morgan fingerprint density at radius 3 is 3.05 bits per heavy atom. The van der Waals surface area contributed by atoms with E-state index in [1.807, 2.05) is 7.05 Å². The number of carbonyl (C=O) groups is 1. The van der Waals surface area contributed by atoms with Crippen molar-refractivity contribution in [3.05, 3.63) is 35.6 Å². The second kappa shape index (κ2) is 6.63. The number of likely N-dealkylation sites (N-methyl/N-ethyl adjacent to an activating group) is 1. The summed E-state index contributed by atoms with van der Waals surface area (Å²) in [5.41, 5.74) is 0.446. The summed E-state index contributed by atoms with van der Waals surface area (Å²) >= 11 is 0. The van der Waals surface area contributed by atoms with Gasteiger partial charge in [-0.05, 0) is 18.7 Å². The number of rotatable bonds is 4. The summed E-state index contributed by atoms with van der Waals surface area (Å²) in [5, 5.41) is 3.05. The number of carbonyl (C=O) groups excluding carboxylic acids is 1. The lowest BCUT2D eigenvalue weighted by atomic mass is 10.1. The number of halogens is 1. The van der Waals surface area contributed by atoms with Crippen LogP contribution < -0.4 is 5.32 Å². The lowest BCUT2D eigenvalue weighted by Gasteiger charge is -2.35. The molecule has 1 amide bonds. The summed E-state index contributed by atoms with van der Waals surface area (Å²) < 4.78 is 18.9. The Kier molecular flexibility index (Phi) is 4.87. The first-order valence-corrected chi connectivity index (χ1v) is 6.47. The average molecular weight is 266 g/mol. The average Bonchev–Trinajstić information content (AvgIpc) is 2.42. The standard InChI is InChI=1S/C14H19FN2O2/c1-16-9-12-10-19-7-6-17(12)14(18)8-11-4-2-3-5-13(11)15/h2-5,12,16H,6-10H2,1H3. The number of nitrogens with zero attached hydrogens (tertiary/aromatic N) is 1. The zero-order chi connectivity index (χ0) is 13.7. The maximum atomic E-state index is 13.6. The number of hydrogen-bond donors (Lipinski definition) is 1. The molecule has 0 aromatic heterocycles. The first-order valence-electron chi connectivity index (χ1n) is 6.47. The second-order valence-electron chi connectivity index (χ2n) is 4.64. The number of benzene rings is 1. The van der Waals surface area contributed by atoms with Crippen LogP contribution >= 0.6 is 0 Å². The van der Waals surface area contributed by atoms with Crippen LogP contribution in [0.25, 0.3) is 0 Å². The van der Waals surface area contributed by atoms with Crippen LogP contribution in [-0.4, -0.2) is 50.2 Å². The maximum absolute atomic E-state index is 13.6. The topological polar surface area (TPSA) is 41.6 Å². The highest BCUT2D eigenvalue weighted by molar-refractivity contribution is 5.79. The highest BCUT2D eigenvalue weighted by Crippen LogP contribution is 2.12. The molecule has 0 radical (unpaired) electrons. The predicted octanol–water partition coefficient (Wildman–Crippen LogP) is 0.815. The molecule has 1 atom stereocenters. The quantitative estimate of drug-likeness (QED) is 0.877. The molecule has 0 aliphatic carbocycles. The van der Waals surface area contributed by atoms with E-state index in [1.165, 1.54) is 6.07 Å². The molecule has 1 aliphatic heterocycles. The minimum atomic E-state index is -0.325. The fourth-order valence-electron chi connectivity index (χ4n) is 2.29. The Morgan fingerprint density at radius 1 is 1.53 bits per heavy atom. The van der Waals surface area contributed by atoms with Gasteiger partial charge in [0.2, 0.25) is 5.91 Å². The van der Waals surface area contributed by atoms with Gasteiger partial charge in [-0.25, -0.2) is 4.39 Å². The van der Waals surface area contributed by atoms with Crippen LogP contribution in [0.3, 0.4) is 0 Å². The van der Waals surface area contributed by atoms with E-state index in [0.717, 1.165) is 0 Å². The molecule has 1 fully saturated rings. The summed E-state index contributed by atoms with van der Waals surface area (Å²) in [6.07, 6.45) is 0.104. The number of ether oxygens (including phenoxy) is 1.